The van der Waals surface area contributed by atoms with Gasteiger partial charge in [-0.1, -0.05) is 5.16 Å². The van der Waals surface area contributed by atoms with Gasteiger partial charge in [0.15, 0.2) is 5.82 Å². The fourth-order valence-corrected chi connectivity index (χ4v) is 2.93. The molecule has 0 aliphatic carbocycles. The van der Waals surface area contributed by atoms with E-state index in [1.165, 1.54) is 18.5 Å². The number of hydrogen-bond donors (Lipinski definition) is 1. The van der Waals surface area contributed by atoms with Gasteiger partial charge >= 0.3 is 0 Å². The topological polar surface area (TPSA) is 107 Å². The molecule has 2 aromatic heterocycles. The van der Waals surface area contributed by atoms with Gasteiger partial charge in [0.1, 0.15) is 11.0 Å². The van der Waals surface area contributed by atoms with E-state index in [1.807, 2.05) is 0 Å². The molecule has 0 radical (unpaired) electrons. The molecule has 1 aliphatic heterocycles. The van der Waals surface area contributed by atoms with Crippen molar-refractivity contribution in [3.05, 3.63) is 36.2 Å². The molecule has 0 bridgehead atoms. The van der Waals surface area contributed by atoms with E-state index in [0.717, 1.165) is 12.8 Å². The molecule has 2 aromatic rings. The lowest BCUT2D eigenvalue weighted by atomic mass is 10.2. The summed E-state index contributed by atoms with van der Waals surface area (Å²) in [7, 11) is -3.63. The number of rotatable bonds is 5. The van der Waals surface area contributed by atoms with Gasteiger partial charge in [-0.15, -0.1) is 0 Å². The number of nitrogens with zero attached hydrogens (tertiary/aromatic N) is 3. The molecule has 112 valence electrons. The highest BCUT2D eigenvalue weighted by molar-refractivity contribution is 7.89. The van der Waals surface area contributed by atoms with Crippen LogP contribution in [0, 0.1) is 0 Å². The standard InChI is InChI=1S/C12H14N4O4S/c17-21(18,9-3-1-5-13-7-9)14-8-11-15-12(20-16-11)10-4-2-6-19-10/h1,3,5,7,10,14H,2,4,6,8H2/t10-/m1/s1. The summed E-state index contributed by atoms with van der Waals surface area (Å²) in [5, 5.41) is 3.75. The van der Waals surface area contributed by atoms with E-state index in [-0.39, 0.29) is 23.4 Å². The molecule has 1 saturated heterocycles. The monoisotopic (exact) mass is 310 g/mol. The first kappa shape index (κ1) is 14.1. The lowest BCUT2D eigenvalue weighted by Gasteiger charge is -2.03. The molecule has 9 heteroatoms. The van der Waals surface area contributed by atoms with Crippen molar-refractivity contribution in [1.29, 1.82) is 0 Å². The summed E-state index contributed by atoms with van der Waals surface area (Å²) >= 11 is 0. The van der Waals surface area contributed by atoms with Crippen LogP contribution in [0.1, 0.15) is 30.7 Å². The lowest BCUT2D eigenvalue weighted by Crippen LogP contribution is -2.23. The zero-order valence-corrected chi connectivity index (χ0v) is 11.9. The molecule has 3 rings (SSSR count). The van der Waals surface area contributed by atoms with Crippen molar-refractivity contribution in [2.45, 2.75) is 30.4 Å². The third kappa shape index (κ3) is 3.26. The van der Waals surface area contributed by atoms with E-state index >= 15 is 0 Å². The van der Waals surface area contributed by atoms with Crippen molar-refractivity contribution in [3.8, 4) is 0 Å². The molecule has 0 aromatic carbocycles. The first-order valence-corrected chi connectivity index (χ1v) is 7.97. The Bertz CT molecular complexity index is 695. The summed E-state index contributed by atoms with van der Waals surface area (Å²) in [6.45, 7) is 0.628. The zero-order chi connectivity index (χ0) is 14.7. The average Bonchev–Trinajstić information content (AvgIpc) is 3.17. The Balaban J connectivity index is 1.65. The summed E-state index contributed by atoms with van der Waals surface area (Å²) in [5.74, 6) is 0.663. The molecule has 1 fully saturated rings. The maximum Gasteiger partial charge on any atom is 0.255 e. The quantitative estimate of drug-likeness (QED) is 0.870. The summed E-state index contributed by atoms with van der Waals surface area (Å²) in [5.41, 5.74) is 0. The van der Waals surface area contributed by atoms with E-state index in [2.05, 4.69) is 19.8 Å². The third-order valence-corrected chi connectivity index (χ3v) is 4.44. The van der Waals surface area contributed by atoms with Crippen LogP contribution in [0.4, 0.5) is 0 Å². The van der Waals surface area contributed by atoms with E-state index in [9.17, 15) is 8.42 Å². The van der Waals surface area contributed by atoms with Gasteiger partial charge in [0.05, 0.1) is 6.54 Å². The number of aromatic nitrogens is 3. The van der Waals surface area contributed by atoms with E-state index in [4.69, 9.17) is 9.26 Å². The highest BCUT2D eigenvalue weighted by atomic mass is 32.2. The second-order valence-electron chi connectivity index (χ2n) is 4.56. The molecule has 0 unspecified atom stereocenters. The van der Waals surface area contributed by atoms with Crippen LogP contribution in [-0.4, -0.2) is 30.1 Å². The predicted octanol–water partition coefficient (Wildman–Crippen LogP) is 0.795. The van der Waals surface area contributed by atoms with Gasteiger partial charge in [0.2, 0.25) is 10.0 Å². The van der Waals surface area contributed by atoms with Gasteiger partial charge in [-0.05, 0) is 25.0 Å². The molecule has 21 heavy (non-hydrogen) atoms. The van der Waals surface area contributed by atoms with Crippen LogP contribution < -0.4 is 4.72 Å². The molecule has 1 aliphatic rings. The number of sulfonamides is 1. The molecule has 0 spiro atoms. The Morgan fingerprint density at radius 3 is 3.05 bits per heavy atom. The summed E-state index contributed by atoms with van der Waals surface area (Å²) in [4.78, 5) is 8.01. The largest absolute Gasteiger partial charge is 0.368 e. The van der Waals surface area contributed by atoms with Crippen molar-refractivity contribution in [3.63, 3.8) is 0 Å². The van der Waals surface area contributed by atoms with Gasteiger partial charge in [0.25, 0.3) is 5.89 Å². The third-order valence-electron chi connectivity index (χ3n) is 3.05. The zero-order valence-electron chi connectivity index (χ0n) is 11.1. The molecule has 0 amide bonds. The van der Waals surface area contributed by atoms with Gasteiger partial charge in [-0.25, -0.2) is 13.1 Å². The minimum absolute atomic E-state index is 0.0482. The van der Waals surface area contributed by atoms with E-state index in [0.29, 0.717) is 12.5 Å². The first-order chi connectivity index (χ1) is 10.1. The lowest BCUT2D eigenvalue weighted by molar-refractivity contribution is 0.0835. The fraction of sp³-hybridized carbons (Fsp3) is 0.417. The van der Waals surface area contributed by atoms with Gasteiger partial charge in [-0.2, -0.15) is 4.98 Å². The van der Waals surface area contributed by atoms with E-state index < -0.39 is 10.0 Å². The summed E-state index contributed by atoms with van der Waals surface area (Å²) in [6, 6.07) is 3.02. The molecule has 1 N–H and O–H groups in total. The number of pyridine rings is 1. The van der Waals surface area contributed by atoms with Gasteiger partial charge in [0, 0.05) is 19.0 Å². The Hall–Kier alpha value is -1.84. The molecular formula is C12H14N4O4S. The smallest absolute Gasteiger partial charge is 0.255 e. The van der Waals surface area contributed by atoms with Crippen molar-refractivity contribution in [2.24, 2.45) is 0 Å². The number of hydrogen-bond acceptors (Lipinski definition) is 7. The SMILES string of the molecule is O=S(=O)(NCc1noc([C@H]2CCCO2)n1)c1cccnc1. The van der Waals surface area contributed by atoms with Crippen LogP contribution in [0.15, 0.2) is 33.9 Å². The van der Waals surface area contributed by atoms with Crippen molar-refractivity contribution in [2.75, 3.05) is 6.61 Å². The van der Waals surface area contributed by atoms with Crippen LogP contribution >= 0.6 is 0 Å². The summed E-state index contributed by atoms with van der Waals surface area (Å²) < 4.78 is 36.9. The first-order valence-electron chi connectivity index (χ1n) is 6.49. The number of ether oxygens (including phenoxy) is 1. The minimum atomic E-state index is -3.63. The molecular weight excluding hydrogens is 296 g/mol. The van der Waals surface area contributed by atoms with Gasteiger partial charge in [-0.3, -0.25) is 4.98 Å². The van der Waals surface area contributed by atoms with Crippen LogP contribution in [0.5, 0.6) is 0 Å². The van der Waals surface area contributed by atoms with Crippen LogP contribution in [0.3, 0.4) is 0 Å². The van der Waals surface area contributed by atoms with Crippen molar-refractivity contribution >= 4 is 10.0 Å². The maximum atomic E-state index is 12.0. The Morgan fingerprint density at radius 1 is 1.43 bits per heavy atom. The van der Waals surface area contributed by atoms with E-state index in [1.54, 1.807) is 6.07 Å². The minimum Gasteiger partial charge on any atom is -0.368 e. The van der Waals surface area contributed by atoms with Crippen LogP contribution in [0.25, 0.3) is 0 Å². The second-order valence-corrected chi connectivity index (χ2v) is 6.33. The normalized spacial score (nSPS) is 19.0. The molecule has 0 saturated carbocycles. The van der Waals surface area contributed by atoms with Crippen molar-refractivity contribution < 1.29 is 17.7 Å². The Kier molecular flexibility index (Phi) is 3.95. The van der Waals surface area contributed by atoms with Gasteiger partial charge < -0.3 is 9.26 Å². The predicted molar refractivity (Wildman–Crippen MR) is 70.5 cm³/mol. The second kappa shape index (κ2) is 5.88. The average molecular weight is 310 g/mol. The molecule has 8 nitrogen and oxygen atoms in total. The number of nitrogens with one attached hydrogen (secondary N) is 1. The molecule has 3 heterocycles. The van der Waals surface area contributed by atoms with Crippen LogP contribution in [-0.2, 0) is 21.3 Å². The van der Waals surface area contributed by atoms with Crippen molar-refractivity contribution in [1.82, 2.24) is 19.8 Å². The molecule has 1 atom stereocenters. The highest BCUT2D eigenvalue weighted by Crippen LogP contribution is 2.26. The summed E-state index contributed by atoms with van der Waals surface area (Å²) in [6.07, 6.45) is 4.39. The fourth-order valence-electron chi connectivity index (χ4n) is 1.99. The Morgan fingerprint density at radius 2 is 2.33 bits per heavy atom. The Labute approximate surface area is 121 Å². The van der Waals surface area contributed by atoms with Crippen LogP contribution in [0.2, 0.25) is 0 Å². The highest BCUT2D eigenvalue weighted by Gasteiger charge is 2.24. The maximum absolute atomic E-state index is 12.0.